The lowest BCUT2D eigenvalue weighted by molar-refractivity contribution is -0.126. The number of nitrogens with zero attached hydrogens (tertiary/aromatic N) is 1. The molecule has 1 saturated heterocycles. The highest BCUT2D eigenvalue weighted by Crippen LogP contribution is 2.29. The number of nitrogen functional groups attached to an aromatic ring is 1. The standard InChI is InChI=1S/C15H22N4O2/c1-10-3-4-11(7-12(10)16)18-13(20)8-19-6-5-15(2,9-19)14(17)21/h3-4,7H,5-6,8-9,16H2,1-2H3,(H2,17,21)(H,18,20). The van der Waals surface area contributed by atoms with Crippen molar-refractivity contribution in [1.82, 2.24) is 4.90 Å². The minimum absolute atomic E-state index is 0.119. The van der Waals surface area contributed by atoms with Crippen molar-refractivity contribution in [2.75, 3.05) is 30.7 Å². The molecular formula is C15H22N4O2. The molecule has 2 amide bonds. The van der Waals surface area contributed by atoms with E-state index in [1.807, 2.05) is 30.9 Å². The van der Waals surface area contributed by atoms with Gasteiger partial charge in [-0.05, 0) is 44.5 Å². The third-order valence-corrected chi connectivity index (χ3v) is 4.08. The van der Waals surface area contributed by atoms with Crippen molar-refractivity contribution in [2.24, 2.45) is 11.1 Å². The van der Waals surface area contributed by atoms with Crippen LogP contribution in [0.2, 0.25) is 0 Å². The zero-order valence-corrected chi connectivity index (χ0v) is 12.5. The molecule has 21 heavy (non-hydrogen) atoms. The first-order chi connectivity index (χ1) is 9.80. The maximum Gasteiger partial charge on any atom is 0.238 e. The van der Waals surface area contributed by atoms with Gasteiger partial charge in [0.15, 0.2) is 0 Å². The smallest absolute Gasteiger partial charge is 0.238 e. The number of primary amides is 1. The van der Waals surface area contributed by atoms with E-state index in [9.17, 15) is 9.59 Å². The van der Waals surface area contributed by atoms with Crippen molar-refractivity contribution in [3.8, 4) is 0 Å². The normalized spacial score (nSPS) is 22.2. The highest BCUT2D eigenvalue weighted by molar-refractivity contribution is 5.93. The number of likely N-dealkylation sites (tertiary alicyclic amines) is 1. The lowest BCUT2D eigenvalue weighted by atomic mass is 9.89. The Morgan fingerprint density at radius 1 is 1.43 bits per heavy atom. The Morgan fingerprint density at radius 3 is 2.71 bits per heavy atom. The maximum atomic E-state index is 12.0. The zero-order valence-electron chi connectivity index (χ0n) is 12.5. The Hall–Kier alpha value is -2.08. The fourth-order valence-electron chi connectivity index (χ4n) is 2.51. The van der Waals surface area contributed by atoms with Crippen LogP contribution in [-0.2, 0) is 9.59 Å². The van der Waals surface area contributed by atoms with Gasteiger partial charge >= 0.3 is 0 Å². The molecule has 114 valence electrons. The summed E-state index contributed by atoms with van der Waals surface area (Å²) in [6.45, 7) is 5.22. The van der Waals surface area contributed by atoms with E-state index in [1.165, 1.54) is 0 Å². The summed E-state index contributed by atoms with van der Waals surface area (Å²) >= 11 is 0. The number of carbonyl (C=O) groups excluding carboxylic acids is 2. The van der Waals surface area contributed by atoms with Crippen LogP contribution in [0.4, 0.5) is 11.4 Å². The molecule has 0 radical (unpaired) electrons. The maximum absolute atomic E-state index is 12.0. The molecule has 1 aliphatic rings. The topological polar surface area (TPSA) is 101 Å². The van der Waals surface area contributed by atoms with Gasteiger partial charge in [-0.2, -0.15) is 0 Å². The SMILES string of the molecule is Cc1ccc(NC(=O)CN2CCC(C)(C(N)=O)C2)cc1N. The summed E-state index contributed by atoms with van der Waals surface area (Å²) in [5.74, 6) is -0.427. The third-order valence-electron chi connectivity index (χ3n) is 4.08. The first-order valence-electron chi connectivity index (χ1n) is 6.98. The first kappa shape index (κ1) is 15.3. The molecule has 0 bridgehead atoms. The Labute approximate surface area is 124 Å². The number of nitrogens with one attached hydrogen (secondary N) is 1. The molecule has 0 saturated carbocycles. The summed E-state index contributed by atoms with van der Waals surface area (Å²) in [5, 5.41) is 2.82. The minimum atomic E-state index is -0.533. The van der Waals surface area contributed by atoms with Gasteiger partial charge in [0, 0.05) is 17.9 Å². The fraction of sp³-hybridized carbons (Fsp3) is 0.467. The van der Waals surface area contributed by atoms with E-state index in [1.54, 1.807) is 6.07 Å². The molecule has 6 nitrogen and oxygen atoms in total. The van der Waals surface area contributed by atoms with Gasteiger partial charge in [-0.1, -0.05) is 6.07 Å². The Morgan fingerprint density at radius 2 is 2.14 bits per heavy atom. The largest absolute Gasteiger partial charge is 0.398 e. The van der Waals surface area contributed by atoms with Crippen molar-refractivity contribution in [2.45, 2.75) is 20.3 Å². The van der Waals surface area contributed by atoms with Gasteiger partial charge < -0.3 is 16.8 Å². The van der Waals surface area contributed by atoms with Gasteiger partial charge in [-0.25, -0.2) is 0 Å². The lowest BCUT2D eigenvalue weighted by Gasteiger charge is -2.20. The van der Waals surface area contributed by atoms with Crippen LogP contribution < -0.4 is 16.8 Å². The van der Waals surface area contributed by atoms with E-state index in [0.717, 1.165) is 5.56 Å². The van der Waals surface area contributed by atoms with Crippen LogP contribution in [0.15, 0.2) is 18.2 Å². The van der Waals surface area contributed by atoms with Crippen LogP contribution in [0.3, 0.4) is 0 Å². The van der Waals surface area contributed by atoms with E-state index >= 15 is 0 Å². The highest BCUT2D eigenvalue weighted by Gasteiger charge is 2.39. The predicted octanol–water partition coefficient (Wildman–Crippen LogP) is 0.713. The third kappa shape index (κ3) is 3.52. The van der Waals surface area contributed by atoms with Gasteiger partial charge in [0.1, 0.15) is 0 Å². The molecule has 1 unspecified atom stereocenters. The van der Waals surface area contributed by atoms with E-state index in [4.69, 9.17) is 11.5 Å². The van der Waals surface area contributed by atoms with Crippen molar-refractivity contribution >= 4 is 23.2 Å². The monoisotopic (exact) mass is 290 g/mol. The molecule has 0 aromatic heterocycles. The number of anilines is 2. The molecule has 1 aromatic carbocycles. The number of amides is 2. The van der Waals surface area contributed by atoms with E-state index < -0.39 is 5.41 Å². The summed E-state index contributed by atoms with van der Waals surface area (Å²) in [4.78, 5) is 25.4. The fourth-order valence-corrected chi connectivity index (χ4v) is 2.51. The molecule has 1 aliphatic heterocycles. The second kappa shape index (κ2) is 5.73. The van der Waals surface area contributed by atoms with Crippen LogP contribution in [0, 0.1) is 12.3 Å². The summed E-state index contributed by atoms with van der Waals surface area (Å²) < 4.78 is 0. The van der Waals surface area contributed by atoms with Crippen LogP contribution in [0.1, 0.15) is 18.9 Å². The predicted molar refractivity (Wildman–Crippen MR) is 82.6 cm³/mol. The Balaban J connectivity index is 1.91. The van der Waals surface area contributed by atoms with Crippen molar-refractivity contribution in [1.29, 1.82) is 0 Å². The van der Waals surface area contributed by atoms with E-state index in [2.05, 4.69) is 5.32 Å². The summed E-state index contributed by atoms with van der Waals surface area (Å²) in [6.07, 6.45) is 0.688. The zero-order chi connectivity index (χ0) is 15.6. The summed E-state index contributed by atoms with van der Waals surface area (Å²) in [6, 6.07) is 5.43. The molecular weight excluding hydrogens is 268 g/mol. The molecule has 0 spiro atoms. The molecule has 1 atom stereocenters. The second-order valence-electron chi connectivity index (χ2n) is 6.01. The number of hydrogen-bond acceptors (Lipinski definition) is 4. The Kier molecular flexibility index (Phi) is 4.18. The number of nitrogens with two attached hydrogens (primary N) is 2. The number of benzene rings is 1. The molecule has 1 heterocycles. The summed E-state index contributed by atoms with van der Waals surface area (Å²) in [5.41, 5.74) is 13.0. The average Bonchev–Trinajstić information content (AvgIpc) is 2.77. The second-order valence-corrected chi connectivity index (χ2v) is 6.01. The van der Waals surface area contributed by atoms with Crippen LogP contribution in [0.25, 0.3) is 0 Å². The number of carbonyl (C=O) groups is 2. The average molecular weight is 290 g/mol. The van der Waals surface area contributed by atoms with Gasteiger partial charge in [0.2, 0.25) is 11.8 Å². The van der Waals surface area contributed by atoms with E-state index in [-0.39, 0.29) is 18.4 Å². The van der Waals surface area contributed by atoms with Gasteiger partial charge in [-0.3, -0.25) is 14.5 Å². The van der Waals surface area contributed by atoms with Crippen LogP contribution in [-0.4, -0.2) is 36.3 Å². The van der Waals surface area contributed by atoms with Crippen LogP contribution in [0.5, 0.6) is 0 Å². The molecule has 5 N–H and O–H groups in total. The molecule has 6 heteroatoms. The van der Waals surface area contributed by atoms with Crippen LogP contribution >= 0.6 is 0 Å². The van der Waals surface area contributed by atoms with Crippen molar-refractivity contribution in [3.05, 3.63) is 23.8 Å². The molecule has 1 fully saturated rings. The first-order valence-corrected chi connectivity index (χ1v) is 6.98. The molecule has 0 aliphatic carbocycles. The van der Waals surface area contributed by atoms with Gasteiger partial charge in [0.25, 0.3) is 0 Å². The quantitative estimate of drug-likeness (QED) is 0.711. The van der Waals surface area contributed by atoms with Crippen molar-refractivity contribution < 1.29 is 9.59 Å². The van der Waals surface area contributed by atoms with Gasteiger partial charge in [-0.15, -0.1) is 0 Å². The highest BCUT2D eigenvalue weighted by atomic mass is 16.2. The number of rotatable bonds is 4. The van der Waals surface area contributed by atoms with Crippen molar-refractivity contribution in [3.63, 3.8) is 0 Å². The summed E-state index contributed by atoms with van der Waals surface area (Å²) in [7, 11) is 0. The van der Waals surface area contributed by atoms with Gasteiger partial charge in [0.05, 0.1) is 12.0 Å². The van der Waals surface area contributed by atoms with E-state index in [0.29, 0.717) is 30.9 Å². The minimum Gasteiger partial charge on any atom is -0.398 e. The number of aryl methyl sites for hydroxylation is 1. The lowest BCUT2D eigenvalue weighted by Crippen LogP contribution is -2.39. The number of hydrogen-bond donors (Lipinski definition) is 3. The Bertz CT molecular complexity index is 573. The molecule has 1 aromatic rings. The molecule has 2 rings (SSSR count).